The Morgan fingerprint density at radius 1 is 1.32 bits per heavy atom. The van der Waals surface area contributed by atoms with Crippen molar-refractivity contribution in [3.63, 3.8) is 0 Å². The summed E-state index contributed by atoms with van der Waals surface area (Å²) in [6, 6.07) is 0.276. The molecule has 0 saturated heterocycles. The van der Waals surface area contributed by atoms with Crippen molar-refractivity contribution in [3.8, 4) is 0 Å². The van der Waals surface area contributed by atoms with Crippen LogP contribution in [-0.2, 0) is 9.53 Å². The third-order valence-corrected chi connectivity index (χ3v) is 4.23. The Balaban J connectivity index is 4.23. The van der Waals surface area contributed by atoms with E-state index in [1.807, 2.05) is 25.6 Å². The number of hydrogen-bond donors (Lipinski definition) is 1. The van der Waals surface area contributed by atoms with Gasteiger partial charge in [-0.25, -0.2) is 0 Å². The van der Waals surface area contributed by atoms with Gasteiger partial charge < -0.3 is 4.74 Å². The van der Waals surface area contributed by atoms with Gasteiger partial charge in [0.25, 0.3) is 0 Å². The maximum Gasteiger partial charge on any atom is 0.326 e. The third kappa shape index (κ3) is 8.53. The first-order chi connectivity index (χ1) is 8.81. The van der Waals surface area contributed by atoms with Crippen molar-refractivity contribution in [2.75, 3.05) is 18.1 Å². The third-order valence-electron chi connectivity index (χ3n) is 2.75. The summed E-state index contributed by atoms with van der Waals surface area (Å²) in [6.07, 6.45) is 1.86. The number of ether oxygens (including phenoxy) is 1. The molecule has 114 valence electrons. The van der Waals surface area contributed by atoms with E-state index in [1.165, 1.54) is 5.75 Å². The highest BCUT2D eigenvalue weighted by atomic mass is 32.2. The molecule has 0 spiro atoms. The first kappa shape index (κ1) is 18.8. The van der Waals surface area contributed by atoms with Crippen LogP contribution in [0.15, 0.2) is 0 Å². The van der Waals surface area contributed by atoms with Gasteiger partial charge in [-0.05, 0) is 58.0 Å². The van der Waals surface area contributed by atoms with E-state index in [2.05, 4.69) is 33.0 Å². The molecule has 0 radical (unpaired) electrons. The summed E-state index contributed by atoms with van der Waals surface area (Å²) in [5.41, 5.74) is -0.553. The Morgan fingerprint density at radius 2 is 1.95 bits per heavy atom. The van der Waals surface area contributed by atoms with Crippen LogP contribution >= 0.6 is 11.8 Å². The molecule has 0 saturated carbocycles. The maximum absolute atomic E-state index is 12.1. The van der Waals surface area contributed by atoms with E-state index in [4.69, 9.17) is 4.74 Å². The molecule has 0 amide bonds. The number of esters is 1. The second kappa shape index (κ2) is 9.65. The molecule has 0 rings (SSSR count). The van der Waals surface area contributed by atoms with Crippen LogP contribution in [0, 0.1) is 5.92 Å². The Bertz CT molecular complexity index is 257. The number of thioether (sulfide) groups is 1. The summed E-state index contributed by atoms with van der Waals surface area (Å²) in [6.45, 7) is 12.8. The molecule has 0 aromatic carbocycles. The van der Waals surface area contributed by atoms with Crippen LogP contribution in [0.1, 0.15) is 54.4 Å². The monoisotopic (exact) mass is 289 g/mol. The lowest BCUT2D eigenvalue weighted by Gasteiger charge is -2.30. The Kier molecular flexibility index (Phi) is 9.54. The van der Waals surface area contributed by atoms with Crippen molar-refractivity contribution in [1.29, 1.82) is 0 Å². The molecular weight excluding hydrogens is 258 g/mol. The van der Waals surface area contributed by atoms with E-state index in [-0.39, 0.29) is 12.0 Å². The minimum atomic E-state index is -0.553. The summed E-state index contributed by atoms with van der Waals surface area (Å²) in [7, 11) is 0. The average molecular weight is 289 g/mol. The van der Waals surface area contributed by atoms with Crippen molar-refractivity contribution < 1.29 is 9.53 Å². The topological polar surface area (TPSA) is 38.3 Å². The van der Waals surface area contributed by atoms with Gasteiger partial charge in [-0.1, -0.05) is 13.8 Å². The molecule has 0 aliphatic rings. The highest BCUT2D eigenvalue weighted by Crippen LogP contribution is 2.19. The minimum Gasteiger partial charge on any atom is -0.465 e. The molecule has 1 atom stereocenters. The van der Waals surface area contributed by atoms with Crippen LogP contribution in [-0.4, -0.2) is 35.7 Å². The zero-order valence-electron chi connectivity index (χ0n) is 13.4. The fraction of sp³-hybridized carbons (Fsp3) is 0.933. The summed E-state index contributed by atoms with van der Waals surface area (Å²) < 4.78 is 5.19. The van der Waals surface area contributed by atoms with Gasteiger partial charge in [0, 0.05) is 6.04 Å². The van der Waals surface area contributed by atoms with Gasteiger partial charge in [-0.3, -0.25) is 10.1 Å². The van der Waals surface area contributed by atoms with Crippen molar-refractivity contribution in [2.24, 2.45) is 5.92 Å². The standard InChI is InChI=1S/C15H31NO2S/c1-7-18-14(17)15(6,16-13(4)5)9-8-10-19-11-12(2)3/h12-13,16H,7-11H2,1-6H3. The van der Waals surface area contributed by atoms with Crippen molar-refractivity contribution in [2.45, 2.75) is 66.0 Å². The number of hydrogen-bond acceptors (Lipinski definition) is 4. The second-order valence-corrected chi connectivity index (χ2v) is 7.07. The molecule has 0 aromatic heterocycles. The summed E-state index contributed by atoms with van der Waals surface area (Å²) >= 11 is 1.97. The molecule has 0 heterocycles. The van der Waals surface area contributed by atoms with Crippen LogP contribution in [0.2, 0.25) is 0 Å². The predicted octanol–water partition coefficient (Wildman–Crippen LogP) is 3.48. The Hall–Kier alpha value is -0.220. The van der Waals surface area contributed by atoms with Gasteiger partial charge in [0.2, 0.25) is 0 Å². The molecule has 1 N–H and O–H groups in total. The van der Waals surface area contributed by atoms with Crippen molar-refractivity contribution in [1.82, 2.24) is 5.32 Å². The molecule has 0 aromatic rings. The molecule has 1 unspecified atom stereocenters. The predicted molar refractivity (Wildman–Crippen MR) is 84.7 cm³/mol. The van der Waals surface area contributed by atoms with Crippen molar-refractivity contribution >= 4 is 17.7 Å². The lowest BCUT2D eigenvalue weighted by Crippen LogP contribution is -2.53. The number of nitrogens with one attached hydrogen (secondary N) is 1. The molecular formula is C15H31NO2S. The molecule has 4 heteroatoms. The highest BCUT2D eigenvalue weighted by Gasteiger charge is 2.34. The molecule has 3 nitrogen and oxygen atoms in total. The fourth-order valence-corrected chi connectivity index (χ4v) is 2.99. The first-order valence-electron chi connectivity index (χ1n) is 7.34. The van der Waals surface area contributed by atoms with E-state index < -0.39 is 5.54 Å². The quantitative estimate of drug-likeness (QED) is 0.493. The van der Waals surface area contributed by atoms with Gasteiger partial charge in [0.15, 0.2) is 0 Å². The molecule has 0 bridgehead atoms. The zero-order chi connectivity index (χ0) is 14.9. The fourth-order valence-electron chi connectivity index (χ4n) is 2.01. The van der Waals surface area contributed by atoms with Gasteiger partial charge >= 0.3 is 5.97 Å². The summed E-state index contributed by atoms with van der Waals surface area (Å²) in [5.74, 6) is 2.90. The number of carbonyl (C=O) groups excluding carboxylic acids is 1. The van der Waals surface area contributed by atoms with Gasteiger partial charge in [0.1, 0.15) is 5.54 Å². The number of carbonyl (C=O) groups is 1. The molecule has 19 heavy (non-hydrogen) atoms. The lowest BCUT2D eigenvalue weighted by molar-refractivity contribution is -0.151. The maximum atomic E-state index is 12.1. The molecule has 0 aliphatic heterocycles. The average Bonchev–Trinajstić information content (AvgIpc) is 2.27. The highest BCUT2D eigenvalue weighted by molar-refractivity contribution is 7.99. The van der Waals surface area contributed by atoms with E-state index in [1.54, 1.807) is 0 Å². The smallest absolute Gasteiger partial charge is 0.326 e. The van der Waals surface area contributed by atoms with E-state index in [9.17, 15) is 4.79 Å². The van der Waals surface area contributed by atoms with Gasteiger partial charge in [0.05, 0.1) is 6.61 Å². The Morgan fingerprint density at radius 3 is 2.42 bits per heavy atom. The van der Waals surface area contributed by atoms with Crippen LogP contribution in [0.25, 0.3) is 0 Å². The van der Waals surface area contributed by atoms with E-state index >= 15 is 0 Å². The van der Waals surface area contributed by atoms with Crippen molar-refractivity contribution in [3.05, 3.63) is 0 Å². The number of rotatable bonds is 10. The molecule has 0 fully saturated rings. The first-order valence-corrected chi connectivity index (χ1v) is 8.50. The van der Waals surface area contributed by atoms with Gasteiger partial charge in [-0.15, -0.1) is 0 Å². The SMILES string of the molecule is CCOC(=O)C(C)(CCCSCC(C)C)NC(C)C. The van der Waals surface area contributed by atoms with E-state index in [0.717, 1.165) is 24.5 Å². The Labute approximate surface area is 123 Å². The normalized spacial score (nSPS) is 14.7. The van der Waals surface area contributed by atoms with Crippen LogP contribution in [0.3, 0.4) is 0 Å². The largest absolute Gasteiger partial charge is 0.465 e. The summed E-state index contributed by atoms with van der Waals surface area (Å²) in [4.78, 5) is 12.1. The van der Waals surface area contributed by atoms with E-state index in [0.29, 0.717) is 6.61 Å². The van der Waals surface area contributed by atoms with Crippen LogP contribution < -0.4 is 5.32 Å². The lowest BCUT2D eigenvalue weighted by atomic mass is 9.95. The second-order valence-electron chi connectivity index (χ2n) is 5.92. The van der Waals surface area contributed by atoms with Gasteiger partial charge in [-0.2, -0.15) is 11.8 Å². The zero-order valence-corrected chi connectivity index (χ0v) is 14.2. The molecule has 0 aliphatic carbocycles. The van der Waals surface area contributed by atoms with Crippen LogP contribution in [0.5, 0.6) is 0 Å². The minimum absolute atomic E-state index is 0.127. The summed E-state index contributed by atoms with van der Waals surface area (Å²) in [5, 5.41) is 3.36. The van der Waals surface area contributed by atoms with Crippen LogP contribution in [0.4, 0.5) is 0 Å².